The number of hydrogen-bond donors (Lipinski definition) is 0. The van der Waals surface area contributed by atoms with Crippen LogP contribution >= 0.6 is 0 Å². The largest absolute Gasteiger partial charge is 0.311 e. The first kappa shape index (κ1) is 20.4. The van der Waals surface area contributed by atoms with Crippen LogP contribution in [0.5, 0.6) is 0 Å². The van der Waals surface area contributed by atoms with Crippen molar-refractivity contribution in [2.45, 2.75) is 13.3 Å². The molecule has 4 rings (SSSR count). The number of carbonyl (C=O) groups is 1. The summed E-state index contributed by atoms with van der Waals surface area (Å²) in [7, 11) is 0. The lowest BCUT2D eigenvalue weighted by molar-refractivity contribution is 0.112. The van der Waals surface area contributed by atoms with Gasteiger partial charge in [-0.05, 0) is 71.6 Å². The van der Waals surface area contributed by atoms with Crippen LogP contribution < -0.4 is 4.90 Å². The molecule has 0 atom stereocenters. The summed E-state index contributed by atoms with van der Waals surface area (Å²) in [6, 6.07) is 35.1. The molecule has 4 aromatic rings. The van der Waals surface area contributed by atoms with Crippen LogP contribution in [0.3, 0.4) is 0 Å². The van der Waals surface area contributed by atoms with Gasteiger partial charge < -0.3 is 4.90 Å². The number of nitrogens with zero attached hydrogens (tertiary/aromatic N) is 1. The molecule has 0 aliphatic heterocycles. The number of benzene rings is 4. The van der Waals surface area contributed by atoms with Gasteiger partial charge in [-0.2, -0.15) is 0 Å². The Balaban J connectivity index is 1.66. The normalized spacial score (nSPS) is 10.9. The molecule has 0 aliphatic carbocycles. The molecule has 2 heteroatoms. The summed E-state index contributed by atoms with van der Waals surface area (Å²) in [6.07, 6.45) is 6.13. The number of rotatable bonds is 7. The molecule has 0 aliphatic rings. The first-order valence-electron chi connectivity index (χ1n) is 10.5. The maximum Gasteiger partial charge on any atom is 0.150 e. The Kier molecular flexibility index (Phi) is 6.39. The molecule has 2 nitrogen and oxygen atoms in total. The maximum atomic E-state index is 11.1. The van der Waals surface area contributed by atoms with E-state index in [9.17, 15) is 4.79 Å². The van der Waals surface area contributed by atoms with Gasteiger partial charge in [-0.15, -0.1) is 0 Å². The predicted molar refractivity (Wildman–Crippen MR) is 131 cm³/mol. The first-order chi connectivity index (χ1) is 15.3. The molecule has 0 unspecified atom stereocenters. The summed E-state index contributed by atoms with van der Waals surface area (Å²) >= 11 is 0. The summed E-state index contributed by atoms with van der Waals surface area (Å²) in [5, 5.41) is 0. The fraction of sp³-hybridized carbons (Fsp3) is 0.0690. The van der Waals surface area contributed by atoms with Gasteiger partial charge in [-0.25, -0.2) is 0 Å². The molecule has 4 aromatic carbocycles. The Bertz CT molecular complexity index is 1140. The summed E-state index contributed by atoms with van der Waals surface area (Å²) in [5.74, 6) is 0. The molecule has 0 saturated heterocycles. The van der Waals surface area contributed by atoms with E-state index in [1.54, 1.807) is 0 Å². The molecular formula is C29H25NO. The SMILES string of the molecule is CCc1ccc(N(c2ccc(C=O)cc2)c2ccc(/C=C\c3ccccc3)cc2)cc1. The van der Waals surface area contributed by atoms with Crippen molar-refractivity contribution < 1.29 is 4.79 Å². The second-order valence-electron chi connectivity index (χ2n) is 7.40. The molecule has 0 saturated carbocycles. The van der Waals surface area contributed by atoms with Gasteiger partial charge in [0.05, 0.1) is 0 Å². The molecule has 0 amide bonds. The Morgan fingerprint density at radius 2 is 1.03 bits per heavy atom. The fourth-order valence-electron chi connectivity index (χ4n) is 3.52. The van der Waals surface area contributed by atoms with Gasteiger partial charge >= 0.3 is 0 Å². The van der Waals surface area contributed by atoms with Gasteiger partial charge in [0.15, 0.2) is 0 Å². The van der Waals surface area contributed by atoms with Crippen molar-refractivity contribution in [1.29, 1.82) is 0 Å². The zero-order valence-electron chi connectivity index (χ0n) is 17.6. The van der Waals surface area contributed by atoms with E-state index in [1.807, 2.05) is 42.5 Å². The van der Waals surface area contributed by atoms with E-state index in [1.165, 1.54) is 11.1 Å². The second-order valence-corrected chi connectivity index (χ2v) is 7.40. The minimum atomic E-state index is 0.673. The Labute approximate surface area is 184 Å². The smallest absolute Gasteiger partial charge is 0.150 e. The van der Waals surface area contributed by atoms with Crippen molar-refractivity contribution >= 4 is 35.5 Å². The molecular weight excluding hydrogens is 378 g/mol. The Hall–Kier alpha value is -3.91. The zero-order chi connectivity index (χ0) is 21.5. The lowest BCUT2D eigenvalue weighted by Crippen LogP contribution is -2.10. The average molecular weight is 404 g/mol. The van der Waals surface area contributed by atoms with E-state index in [0.717, 1.165) is 35.3 Å². The van der Waals surface area contributed by atoms with Crippen LogP contribution in [-0.4, -0.2) is 6.29 Å². The molecule has 0 fully saturated rings. The van der Waals surface area contributed by atoms with Gasteiger partial charge in [0.1, 0.15) is 6.29 Å². The van der Waals surface area contributed by atoms with Crippen LogP contribution in [0.4, 0.5) is 17.1 Å². The predicted octanol–water partition coefficient (Wildman–Crippen LogP) is 7.70. The first-order valence-corrected chi connectivity index (χ1v) is 10.5. The van der Waals surface area contributed by atoms with E-state index < -0.39 is 0 Å². The van der Waals surface area contributed by atoms with E-state index >= 15 is 0 Å². The van der Waals surface area contributed by atoms with Crippen LogP contribution in [0.25, 0.3) is 12.2 Å². The van der Waals surface area contributed by atoms with Crippen molar-refractivity contribution in [2.75, 3.05) is 4.90 Å². The van der Waals surface area contributed by atoms with Crippen molar-refractivity contribution in [3.8, 4) is 0 Å². The number of aldehydes is 1. The van der Waals surface area contributed by atoms with Crippen molar-refractivity contribution in [2.24, 2.45) is 0 Å². The Morgan fingerprint density at radius 1 is 0.581 bits per heavy atom. The third-order valence-electron chi connectivity index (χ3n) is 5.31. The molecule has 0 aromatic heterocycles. The van der Waals surface area contributed by atoms with Crippen molar-refractivity contribution in [3.63, 3.8) is 0 Å². The van der Waals surface area contributed by atoms with E-state index in [4.69, 9.17) is 0 Å². The van der Waals surface area contributed by atoms with E-state index in [-0.39, 0.29) is 0 Å². The third-order valence-corrected chi connectivity index (χ3v) is 5.31. The highest BCUT2D eigenvalue weighted by Gasteiger charge is 2.12. The summed E-state index contributed by atoms with van der Waals surface area (Å²) in [4.78, 5) is 13.3. The molecule has 0 bridgehead atoms. The highest BCUT2D eigenvalue weighted by molar-refractivity contribution is 5.81. The molecule has 0 radical (unpaired) electrons. The van der Waals surface area contributed by atoms with Crippen LogP contribution in [-0.2, 0) is 6.42 Å². The van der Waals surface area contributed by atoms with Crippen LogP contribution in [0.2, 0.25) is 0 Å². The molecule has 0 N–H and O–H groups in total. The van der Waals surface area contributed by atoms with Gasteiger partial charge in [-0.3, -0.25) is 4.79 Å². The summed E-state index contributed by atoms with van der Waals surface area (Å²) in [5.41, 5.74) is 7.48. The third kappa shape index (κ3) is 4.99. The van der Waals surface area contributed by atoms with Crippen LogP contribution in [0, 0.1) is 0 Å². The van der Waals surface area contributed by atoms with Crippen LogP contribution in [0.1, 0.15) is 34.0 Å². The highest BCUT2D eigenvalue weighted by Crippen LogP contribution is 2.34. The summed E-state index contributed by atoms with van der Waals surface area (Å²) < 4.78 is 0. The van der Waals surface area contributed by atoms with E-state index in [2.05, 4.69) is 84.6 Å². The lowest BCUT2D eigenvalue weighted by Gasteiger charge is -2.26. The second kappa shape index (κ2) is 9.73. The maximum absolute atomic E-state index is 11.1. The molecule has 152 valence electrons. The minimum Gasteiger partial charge on any atom is -0.311 e. The number of aryl methyl sites for hydroxylation is 1. The standard InChI is InChI=1S/C29H25NO/c1-2-23-10-16-27(17-11-23)30(29-20-14-26(22-31)15-21-29)28-18-12-25(13-19-28)9-8-24-6-4-3-5-7-24/h3-22H,2H2,1H3/b9-8-. The molecule has 0 heterocycles. The highest BCUT2D eigenvalue weighted by atomic mass is 16.1. The molecule has 0 spiro atoms. The van der Waals surface area contributed by atoms with E-state index in [0.29, 0.717) is 5.56 Å². The average Bonchev–Trinajstić information content (AvgIpc) is 2.85. The van der Waals surface area contributed by atoms with Gasteiger partial charge in [0.2, 0.25) is 0 Å². The Morgan fingerprint density at radius 3 is 1.52 bits per heavy atom. The zero-order valence-corrected chi connectivity index (χ0v) is 17.6. The van der Waals surface area contributed by atoms with Gasteiger partial charge in [0, 0.05) is 22.6 Å². The summed E-state index contributed by atoms with van der Waals surface area (Å²) in [6.45, 7) is 2.16. The quantitative estimate of drug-likeness (QED) is 0.233. The van der Waals surface area contributed by atoms with Gasteiger partial charge in [-0.1, -0.05) is 73.7 Å². The minimum absolute atomic E-state index is 0.673. The number of anilines is 3. The van der Waals surface area contributed by atoms with Gasteiger partial charge in [0.25, 0.3) is 0 Å². The fourth-order valence-corrected chi connectivity index (χ4v) is 3.52. The lowest BCUT2D eigenvalue weighted by atomic mass is 10.1. The topological polar surface area (TPSA) is 20.3 Å². The number of carbonyl (C=O) groups excluding carboxylic acids is 1. The van der Waals surface area contributed by atoms with Crippen molar-refractivity contribution in [3.05, 3.63) is 125 Å². The molecule has 31 heavy (non-hydrogen) atoms. The van der Waals surface area contributed by atoms with Crippen molar-refractivity contribution in [1.82, 2.24) is 0 Å². The number of hydrogen-bond acceptors (Lipinski definition) is 2. The van der Waals surface area contributed by atoms with Crippen LogP contribution in [0.15, 0.2) is 103 Å². The monoisotopic (exact) mass is 403 g/mol.